The number of aryl methyl sites for hydroxylation is 1. The van der Waals surface area contributed by atoms with Crippen LogP contribution in [0.1, 0.15) is 54.4 Å². The van der Waals surface area contributed by atoms with Crippen molar-refractivity contribution < 1.29 is 19.2 Å². The lowest BCUT2D eigenvalue weighted by atomic mass is 9.92. The van der Waals surface area contributed by atoms with Gasteiger partial charge in [0.15, 0.2) is 0 Å². The average molecular weight is 429 g/mol. The molecule has 0 aromatic heterocycles. The summed E-state index contributed by atoms with van der Waals surface area (Å²) in [6.07, 6.45) is 5.48. The maximum atomic E-state index is 12.9. The molecule has 31 heavy (non-hydrogen) atoms. The highest BCUT2D eigenvalue weighted by Gasteiger charge is 2.35. The number of anilines is 1. The Morgan fingerprint density at radius 1 is 1.26 bits per heavy atom. The van der Waals surface area contributed by atoms with Gasteiger partial charge in [-0.15, -0.1) is 0 Å². The van der Waals surface area contributed by atoms with Crippen molar-refractivity contribution in [1.82, 2.24) is 15.1 Å². The lowest BCUT2D eigenvalue weighted by Crippen LogP contribution is -2.53. The zero-order valence-electron chi connectivity index (χ0n) is 18.4. The van der Waals surface area contributed by atoms with Crippen LogP contribution in [-0.2, 0) is 14.4 Å². The average Bonchev–Trinajstić information content (AvgIpc) is 2.74. The van der Waals surface area contributed by atoms with Crippen molar-refractivity contribution in [2.75, 3.05) is 32.0 Å². The number of benzene rings is 1. The third-order valence-electron chi connectivity index (χ3n) is 6.31. The number of rotatable bonds is 8. The molecular formula is C23H32N4O4. The van der Waals surface area contributed by atoms with Gasteiger partial charge in [-0.3, -0.25) is 29.4 Å². The molecule has 2 aliphatic rings. The summed E-state index contributed by atoms with van der Waals surface area (Å²) in [5.74, 6) is -0.726. The van der Waals surface area contributed by atoms with E-state index < -0.39 is 17.9 Å². The van der Waals surface area contributed by atoms with Crippen LogP contribution in [0.2, 0.25) is 0 Å². The Morgan fingerprint density at radius 2 is 2.00 bits per heavy atom. The summed E-state index contributed by atoms with van der Waals surface area (Å²) in [4.78, 5) is 51.1. The Morgan fingerprint density at radius 3 is 2.65 bits per heavy atom. The number of hydrogen-bond acceptors (Lipinski definition) is 6. The second kappa shape index (κ2) is 10.5. The highest BCUT2D eigenvalue weighted by Crippen LogP contribution is 2.22. The summed E-state index contributed by atoms with van der Waals surface area (Å²) in [6, 6.07) is 4.43. The van der Waals surface area contributed by atoms with Crippen molar-refractivity contribution in [2.45, 2.75) is 51.5 Å². The van der Waals surface area contributed by atoms with Crippen LogP contribution in [-0.4, -0.2) is 66.7 Å². The SMILES string of the molecule is Cc1cc(NCCCC2CCN(C)CC2)ccc1C(=O)N(C=O)C1CCC(=O)NC1=O. The molecule has 2 N–H and O–H groups in total. The molecular weight excluding hydrogens is 396 g/mol. The van der Waals surface area contributed by atoms with E-state index in [1.54, 1.807) is 6.07 Å². The molecule has 1 aromatic carbocycles. The fraction of sp³-hybridized carbons (Fsp3) is 0.565. The summed E-state index contributed by atoms with van der Waals surface area (Å²) < 4.78 is 0. The molecule has 2 saturated heterocycles. The van der Waals surface area contributed by atoms with E-state index in [4.69, 9.17) is 0 Å². The van der Waals surface area contributed by atoms with Crippen LogP contribution in [0.4, 0.5) is 5.69 Å². The van der Waals surface area contributed by atoms with E-state index >= 15 is 0 Å². The maximum absolute atomic E-state index is 12.9. The number of nitrogens with zero attached hydrogens (tertiary/aromatic N) is 2. The normalized spacial score (nSPS) is 20.3. The molecule has 1 atom stereocenters. The molecule has 2 aliphatic heterocycles. The minimum absolute atomic E-state index is 0.105. The molecule has 2 heterocycles. The molecule has 8 heteroatoms. The van der Waals surface area contributed by atoms with E-state index in [0.717, 1.165) is 35.0 Å². The summed E-state index contributed by atoms with van der Waals surface area (Å²) in [5.41, 5.74) is 2.02. The summed E-state index contributed by atoms with van der Waals surface area (Å²) in [6.45, 7) is 5.05. The highest BCUT2D eigenvalue weighted by molar-refractivity contribution is 6.07. The molecule has 8 nitrogen and oxygen atoms in total. The predicted molar refractivity (Wildman–Crippen MR) is 118 cm³/mol. The zero-order chi connectivity index (χ0) is 22.4. The molecule has 0 spiro atoms. The Labute approximate surface area is 183 Å². The summed E-state index contributed by atoms with van der Waals surface area (Å²) in [5, 5.41) is 5.60. The van der Waals surface area contributed by atoms with Gasteiger partial charge in [0.1, 0.15) is 6.04 Å². The second-order valence-corrected chi connectivity index (χ2v) is 8.63. The molecule has 0 aliphatic carbocycles. The van der Waals surface area contributed by atoms with Crippen molar-refractivity contribution in [3.05, 3.63) is 29.3 Å². The third-order valence-corrected chi connectivity index (χ3v) is 6.31. The lowest BCUT2D eigenvalue weighted by Gasteiger charge is -2.29. The van der Waals surface area contributed by atoms with Gasteiger partial charge in [-0.1, -0.05) is 0 Å². The minimum atomic E-state index is -0.959. The minimum Gasteiger partial charge on any atom is -0.385 e. The predicted octanol–water partition coefficient (Wildman–Crippen LogP) is 1.93. The van der Waals surface area contributed by atoms with Crippen molar-refractivity contribution in [3.63, 3.8) is 0 Å². The van der Waals surface area contributed by atoms with Crippen molar-refractivity contribution in [1.29, 1.82) is 0 Å². The number of nitrogens with one attached hydrogen (secondary N) is 2. The van der Waals surface area contributed by atoms with Gasteiger partial charge >= 0.3 is 0 Å². The van der Waals surface area contributed by atoms with Gasteiger partial charge in [-0.25, -0.2) is 0 Å². The quantitative estimate of drug-likeness (QED) is 0.373. The largest absolute Gasteiger partial charge is 0.385 e. The number of amides is 4. The first-order valence-corrected chi connectivity index (χ1v) is 11.0. The van der Waals surface area contributed by atoms with Gasteiger partial charge in [-0.05, 0) is 88.8 Å². The fourth-order valence-electron chi connectivity index (χ4n) is 4.34. The highest BCUT2D eigenvalue weighted by atomic mass is 16.2. The van der Waals surface area contributed by atoms with E-state index in [2.05, 4.69) is 22.6 Å². The van der Waals surface area contributed by atoms with Crippen molar-refractivity contribution in [3.8, 4) is 0 Å². The maximum Gasteiger partial charge on any atom is 0.261 e. The number of carbonyl (C=O) groups excluding carboxylic acids is 4. The van der Waals surface area contributed by atoms with Gasteiger partial charge in [0.25, 0.3) is 5.91 Å². The third kappa shape index (κ3) is 5.91. The van der Waals surface area contributed by atoms with Crippen LogP contribution in [0.5, 0.6) is 0 Å². The molecule has 4 amide bonds. The molecule has 0 saturated carbocycles. The van der Waals surface area contributed by atoms with Gasteiger partial charge in [0.05, 0.1) is 0 Å². The van der Waals surface area contributed by atoms with Crippen LogP contribution in [0.25, 0.3) is 0 Å². The van der Waals surface area contributed by atoms with E-state index in [0.29, 0.717) is 12.0 Å². The molecule has 1 aromatic rings. The standard InChI is InChI=1S/C23H32N4O4/c1-16-14-18(24-11-3-4-17-9-12-26(2)13-10-17)5-6-19(16)23(31)27(15-28)20-7-8-21(29)25-22(20)30/h5-6,14-15,17,20,24H,3-4,7-13H2,1-2H3,(H,25,29,30). The van der Waals surface area contributed by atoms with Gasteiger partial charge < -0.3 is 10.2 Å². The topological polar surface area (TPSA) is 98.8 Å². The van der Waals surface area contributed by atoms with Gasteiger partial charge in [-0.2, -0.15) is 0 Å². The molecule has 168 valence electrons. The van der Waals surface area contributed by atoms with Crippen LogP contribution in [0, 0.1) is 12.8 Å². The van der Waals surface area contributed by atoms with Gasteiger partial charge in [0, 0.05) is 24.2 Å². The van der Waals surface area contributed by atoms with Crippen molar-refractivity contribution >= 4 is 29.8 Å². The zero-order valence-corrected chi connectivity index (χ0v) is 18.4. The molecule has 3 rings (SSSR count). The first-order valence-electron chi connectivity index (χ1n) is 11.0. The number of piperidine rings is 2. The monoisotopic (exact) mass is 428 g/mol. The Kier molecular flexibility index (Phi) is 7.79. The van der Waals surface area contributed by atoms with Crippen LogP contribution in [0.3, 0.4) is 0 Å². The Balaban J connectivity index is 1.54. The van der Waals surface area contributed by atoms with Crippen LogP contribution < -0.4 is 10.6 Å². The second-order valence-electron chi connectivity index (χ2n) is 8.63. The molecule has 0 bridgehead atoms. The lowest BCUT2D eigenvalue weighted by molar-refractivity contribution is -0.139. The first-order chi connectivity index (χ1) is 14.9. The Bertz CT molecular complexity index is 833. The number of likely N-dealkylation sites (tertiary alicyclic amines) is 1. The first kappa shape index (κ1) is 22.9. The van der Waals surface area contributed by atoms with Crippen LogP contribution in [0.15, 0.2) is 18.2 Å². The number of carbonyl (C=O) groups is 4. The van der Waals surface area contributed by atoms with Crippen molar-refractivity contribution in [2.24, 2.45) is 5.92 Å². The van der Waals surface area contributed by atoms with E-state index in [-0.39, 0.29) is 18.7 Å². The molecule has 0 radical (unpaired) electrons. The summed E-state index contributed by atoms with van der Waals surface area (Å²) in [7, 11) is 2.17. The van der Waals surface area contributed by atoms with E-state index in [9.17, 15) is 19.2 Å². The molecule has 2 fully saturated rings. The summed E-state index contributed by atoms with van der Waals surface area (Å²) >= 11 is 0. The molecule has 1 unspecified atom stereocenters. The smallest absolute Gasteiger partial charge is 0.261 e. The van der Waals surface area contributed by atoms with Gasteiger partial charge in [0.2, 0.25) is 18.2 Å². The Hall–Kier alpha value is -2.74. The van der Waals surface area contributed by atoms with E-state index in [1.807, 2.05) is 19.1 Å². The van der Waals surface area contributed by atoms with E-state index in [1.165, 1.54) is 32.4 Å². The fourth-order valence-corrected chi connectivity index (χ4v) is 4.34. The number of hydrogen-bond donors (Lipinski definition) is 2. The number of imide groups is 2. The van der Waals surface area contributed by atoms with Crippen LogP contribution >= 0.6 is 0 Å².